The molecular formula is C56H103NO11. The van der Waals surface area contributed by atoms with Crippen LogP contribution in [-0.4, -0.2) is 106 Å². The van der Waals surface area contributed by atoms with Crippen LogP contribution in [0, 0.1) is 5.92 Å². The van der Waals surface area contributed by atoms with Crippen molar-refractivity contribution in [1.29, 1.82) is 0 Å². The topological polar surface area (TPSA) is 147 Å². The zero-order valence-corrected chi connectivity index (χ0v) is 44.1. The largest absolute Gasteiger partial charge is 0.466 e. The third kappa shape index (κ3) is 46.9. The summed E-state index contributed by atoms with van der Waals surface area (Å²) in [7, 11) is 0. The SMILES string of the molecule is CC/C=C\CCCCOC(CCC(=O)OCCCCCCCN(CCCO)CCCCCC(=O)OCC(COC(=O)CCCCCCC)COC(=O)CCCCCCC)OCCCC/C=C\CC. The first-order valence-electron chi connectivity index (χ1n) is 27.8. The number of nitrogens with zero attached hydrogens (tertiary/aromatic N) is 1. The van der Waals surface area contributed by atoms with Crippen LogP contribution in [0.3, 0.4) is 0 Å². The summed E-state index contributed by atoms with van der Waals surface area (Å²) in [5, 5.41) is 9.48. The molecule has 0 saturated heterocycles. The number of aliphatic hydroxyl groups is 1. The maximum Gasteiger partial charge on any atom is 0.305 e. The Bertz CT molecular complexity index is 1160. The van der Waals surface area contributed by atoms with E-state index in [4.69, 9.17) is 28.4 Å². The van der Waals surface area contributed by atoms with E-state index in [9.17, 15) is 24.3 Å². The van der Waals surface area contributed by atoms with E-state index in [-0.39, 0.29) is 63.0 Å². The monoisotopic (exact) mass is 966 g/mol. The Morgan fingerprint density at radius 2 is 0.824 bits per heavy atom. The van der Waals surface area contributed by atoms with Gasteiger partial charge in [-0.3, -0.25) is 19.2 Å². The van der Waals surface area contributed by atoms with Crippen molar-refractivity contribution in [1.82, 2.24) is 4.90 Å². The van der Waals surface area contributed by atoms with Crippen LogP contribution in [0.2, 0.25) is 0 Å². The van der Waals surface area contributed by atoms with Gasteiger partial charge in [0.1, 0.15) is 19.8 Å². The quantitative estimate of drug-likeness (QED) is 0.0203. The van der Waals surface area contributed by atoms with Crippen LogP contribution in [0.4, 0.5) is 0 Å². The van der Waals surface area contributed by atoms with E-state index in [0.717, 1.165) is 187 Å². The molecule has 0 aliphatic carbocycles. The number of rotatable bonds is 52. The molecule has 0 aliphatic heterocycles. The van der Waals surface area contributed by atoms with Gasteiger partial charge in [0.15, 0.2) is 6.29 Å². The highest BCUT2D eigenvalue weighted by atomic mass is 16.7. The van der Waals surface area contributed by atoms with E-state index in [1.54, 1.807) is 0 Å². The summed E-state index contributed by atoms with van der Waals surface area (Å²) in [6, 6.07) is 0. The average Bonchev–Trinajstić information content (AvgIpc) is 3.33. The molecule has 0 heterocycles. The molecule has 1 N–H and O–H groups in total. The fraction of sp³-hybridized carbons (Fsp3) is 0.857. The number of unbranched alkanes of at least 4 members (excludes halogenated alkanes) is 18. The van der Waals surface area contributed by atoms with Gasteiger partial charge in [-0.15, -0.1) is 0 Å². The maximum atomic E-state index is 12.7. The zero-order chi connectivity index (χ0) is 49.8. The van der Waals surface area contributed by atoms with Gasteiger partial charge in [-0.05, 0) is 109 Å². The molecule has 0 spiro atoms. The Balaban J connectivity index is 4.49. The van der Waals surface area contributed by atoms with Gasteiger partial charge in [0, 0.05) is 52.0 Å². The zero-order valence-electron chi connectivity index (χ0n) is 44.1. The highest BCUT2D eigenvalue weighted by Crippen LogP contribution is 2.14. The van der Waals surface area contributed by atoms with Crippen molar-refractivity contribution < 1.29 is 52.7 Å². The van der Waals surface area contributed by atoms with Crippen LogP contribution in [0.5, 0.6) is 0 Å². The van der Waals surface area contributed by atoms with Crippen molar-refractivity contribution in [2.75, 3.05) is 65.9 Å². The molecule has 0 fully saturated rings. The summed E-state index contributed by atoms with van der Waals surface area (Å²) in [4.78, 5) is 52.4. The molecular weight excluding hydrogens is 863 g/mol. The van der Waals surface area contributed by atoms with Crippen LogP contribution in [-0.2, 0) is 47.6 Å². The van der Waals surface area contributed by atoms with E-state index in [1.807, 2.05) is 0 Å². The van der Waals surface area contributed by atoms with Crippen LogP contribution in [0.1, 0.15) is 233 Å². The number of esters is 4. The van der Waals surface area contributed by atoms with E-state index in [0.29, 0.717) is 51.9 Å². The van der Waals surface area contributed by atoms with Crippen LogP contribution >= 0.6 is 0 Å². The lowest BCUT2D eigenvalue weighted by molar-refractivity contribution is -0.159. The number of carbonyl (C=O) groups is 4. The first-order valence-corrected chi connectivity index (χ1v) is 27.8. The number of hydrogen-bond acceptors (Lipinski definition) is 12. The summed E-state index contributed by atoms with van der Waals surface area (Å²) >= 11 is 0. The Morgan fingerprint density at radius 1 is 0.426 bits per heavy atom. The van der Waals surface area contributed by atoms with E-state index in [1.165, 1.54) is 0 Å². The highest BCUT2D eigenvalue weighted by Gasteiger charge is 2.18. The van der Waals surface area contributed by atoms with Gasteiger partial charge in [-0.1, -0.05) is 129 Å². The molecule has 0 atom stereocenters. The summed E-state index contributed by atoms with van der Waals surface area (Å²) in [6.45, 7) is 13.3. The minimum absolute atomic E-state index is 0.0364. The molecule has 0 aromatic carbocycles. The molecule has 12 heteroatoms. The van der Waals surface area contributed by atoms with Crippen molar-refractivity contribution in [3.8, 4) is 0 Å². The minimum Gasteiger partial charge on any atom is -0.466 e. The molecule has 0 aromatic heterocycles. The fourth-order valence-corrected chi connectivity index (χ4v) is 7.55. The summed E-state index contributed by atoms with van der Waals surface area (Å²) < 4.78 is 34.3. The van der Waals surface area contributed by atoms with Gasteiger partial charge in [0.25, 0.3) is 0 Å². The predicted molar refractivity (Wildman–Crippen MR) is 275 cm³/mol. The summed E-state index contributed by atoms with van der Waals surface area (Å²) in [5.41, 5.74) is 0. The Labute approximate surface area is 415 Å². The Morgan fingerprint density at radius 3 is 1.29 bits per heavy atom. The van der Waals surface area contributed by atoms with Gasteiger partial charge in [-0.25, -0.2) is 0 Å². The average molecular weight is 966 g/mol. The summed E-state index contributed by atoms with van der Waals surface area (Å²) in [6.07, 6.45) is 37.3. The van der Waals surface area contributed by atoms with Crippen molar-refractivity contribution in [3.05, 3.63) is 24.3 Å². The van der Waals surface area contributed by atoms with Crippen LogP contribution in [0.25, 0.3) is 0 Å². The van der Waals surface area contributed by atoms with Crippen molar-refractivity contribution in [2.24, 2.45) is 5.92 Å². The van der Waals surface area contributed by atoms with Gasteiger partial charge in [-0.2, -0.15) is 0 Å². The van der Waals surface area contributed by atoms with Gasteiger partial charge in [0.05, 0.1) is 18.9 Å². The second-order valence-electron chi connectivity index (χ2n) is 18.4. The second kappa shape index (κ2) is 52.0. The molecule has 0 unspecified atom stereocenters. The molecule has 0 rings (SSSR count). The predicted octanol–water partition coefficient (Wildman–Crippen LogP) is 13.1. The summed E-state index contributed by atoms with van der Waals surface area (Å²) in [5.74, 6) is -1.45. The lowest BCUT2D eigenvalue weighted by Gasteiger charge is -2.22. The Hall–Kier alpha value is -2.80. The van der Waals surface area contributed by atoms with Crippen molar-refractivity contribution in [3.63, 3.8) is 0 Å². The van der Waals surface area contributed by atoms with Gasteiger partial charge < -0.3 is 38.4 Å². The van der Waals surface area contributed by atoms with Crippen molar-refractivity contribution in [2.45, 2.75) is 239 Å². The third-order valence-corrected chi connectivity index (χ3v) is 11.8. The molecule has 0 aromatic rings. The molecule has 68 heavy (non-hydrogen) atoms. The smallest absolute Gasteiger partial charge is 0.305 e. The molecule has 398 valence electrons. The van der Waals surface area contributed by atoms with Gasteiger partial charge in [0.2, 0.25) is 0 Å². The lowest BCUT2D eigenvalue weighted by atomic mass is 10.1. The number of aliphatic hydroxyl groups excluding tert-OH is 1. The van der Waals surface area contributed by atoms with Crippen molar-refractivity contribution >= 4 is 23.9 Å². The number of ether oxygens (including phenoxy) is 6. The van der Waals surface area contributed by atoms with E-state index < -0.39 is 5.92 Å². The maximum absolute atomic E-state index is 12.7. The fourth-order valence-electron chi connectivity index (χ4n) is 7.55. The molecule has 0 radical (unpaired) electrons. The van der Waals surface area contributed by atoms with Crippen LogP contribution in [0.15, 0.2) is 24.3 Å². The molecule has 0 amide bonds. The molecule has 0 bridgehead atoms. The number of carbonyl (C=O) groups excluding carboxylic acids is 4. The molecule has 0 saturated carbocycles. The first kappa shape index (κ1) is 65.2. The Kier molecular flexibility index (Phi) is 49.9. The highest BCUT2D eigenvalue weighted by molar-refractivity contribution is 5.70. The third-order valence-electron chi connectivity index (χ3n) is 11.8. The minimum atomic E-state index is -0.407. The molecule has 0 aliphatic rings. The van der Waals surface area contributed by atoms with Crippen LogP contribution < -0.4 is 0 Å². The van der Waals surface area contributed by atoms with E-state index >= 15 is 0 Å². The molecule has 12 nitrogen and oxygen atoms in total. The standard InChI is InChI=1S/C56H103NO11/c1-5-9-13-17-23-33-46-64-56(65-47-34-24-18-14-10-6-2)40-39-55(62)63-45-32-25-19-22-30-41-57(43-35-44-58)42-31-26-29-38-54(61)68-50-51(48-66-52(59)36-27-20-15-11-7-3)49-67-53(60)37-28-21-16-12-8-4/h9-10,13-14,51,56,58H,5-8,11-12,15-50H2,1-4H3/b13-9-,14-10-. The van der Waals surface area contributed by atoms with E-state index in [2.05, 4.69) is 56.9 Å². The normalized spacial score (nSPS) is 11.8. The van der Waals surface area contributed by atoms with Gasteiger partial charge >= 0.3 is 23.9 Å². The first-order chi connectivity index (χ1) is 33.3. The number of hydrogen-bond donors (Lipinski definition) is 1. The number of allylic oxidation sites excluding steroid dienone is 4. The second-order valence-corrected chi connectivity index (χ2v) is 18.4. The lowest BCUT2D eigenvalue weighted by Crippen LogP contribution is -2.28.